The highest BCUT2D eigenvalue weighted by Crippen LogP contribution is 2.27. The van der Waals surface area contributed by atoms with E-state index in [2.05, 4.69) is 15.5 Å². The fraction of sp³-hybridized carbons (Fsp3) is 0.188. The van der Waals surface area contributed by atoms with Gasteiger partial charge in [0.2, 0.25) is 5.91 Å². The number of nitrogens with one attached hydrogen (secondary N) is 1. The Morgan fingerprint density at radius 3 is 2.85 bits per heavy atom. The smallest absolute Gasteiger partial charge is 0.274 e. The van der Waals surface area contributed by atoms with Crippen molar-refractivity contribution in [3.8, 4) is 10.7 Å². The van der Waals surface area contributed by atoms with Crippen LogP contribution in [0.5, 0.6) is 0 Å². The molecule has 0 atom stereocenters. The quantitative estimate of drug-likeness (QED) is 0.393. The standard InChI is InChI=1S/C16H15N5O3S2/c1-10-11(5-3-6-12(10)21(23)24)17-14(22)9-26-16-19-18-15(20(16)2)13-7-4-8-25-13/h3-8H,9H2,1-2H3,(H,17,22). The molecule has 3 aromatic rings. The molecular weight excluding hydrogens is 374 g/mol. The van der Waals surface area contributed by atoms with Crippen LogP contribution in [0.4, 0.5) is 11.4 Å². The summed E-state index contributed by atoms with van der Waals surface area (Å²) in [6.45, 7) is 1.61. The lowest BCUT2D eigenvalue weighted by atomic mass is 10.1. The third-order valence-electron chi connectivity index (χ3n) is 3.68. The van der Waals surface area contributed by atoms with Crippen LogP contribution in [0.25, 0.3) is 10.7 Å². The number of benzene rings is 1. The van der Waals surface area contributed by atoms with E-state index < -0.39 is 4.92 Å². The average molecular weight is 389 g/mol. The van der Waals surface area contributed by atoms with E-state index in [1.165, 1.54) is 17.8 Å². The maximum Gasteiger partial charge on any atom is 0.274 e. The van der Waals surface area contributed by atoms with Crippen LogP contribution in [-0.2, 0) is 11.8 Å². The highest BCUT2D eigenvalue weighted by atomic mass is 32.2. The predicted molar refractivity (Wildman–Crippen MR) is 102 cm³/mol. The fourth-order valence-corrected chi connectivity index (χ4v) is 3.79. The molecule has 8 nitrogen and oxygen atoms in total. The van der Waals surface area contributed by atoms with Gasteiger partial charge < -0.3 is 9.88 Å². The van der Waals surface area contributed by atoms with Crippen molar-refractivity contribution in [3.05, 3.63) is 51.4 Å². The SMILES string of the molecule is Cc1c(NC(=O)CSc2nnc(-c3cccs3)n2C)cccc1[N+](=O)[O-]. The summed E-state index contributed by atoms with van der Waals surface area (Å²) in [6, 6.07) is 8.49. The number of carbonyl (C=O) groups is 1. The van der Waals surface area contributed by atoms with Crippen molar-refractivity contribution in [1.82, 2.24) is 14.8 Å². The molecule has 0 saturated carbocycles. The molecule has 0 aliphatic carbocycles. The average Bonchev–Trinajstić information content (AvgIpc) is 3.24. The van der Waals surface area contributed by atoms with Gasteiger partial charge in [0.15, 0.2) is 11.0 Å². The topological polar surface area (TPSA) is 103 Å². The number of amides is 1. The number of nitrogens with zero attached hydrogens (tertiary/aromatic N) is 4. The summed E-state index contributed by atoms with van der Waals surface area (Å²) in [5, 5.41) is 24.6. The van der Waals surface area contributed by atoms with Crippen LogP contribution in [-0.4, -0.2) is 31.3 Å². The Labute approximate surface area is 157 Å². The largest absolute Gasteiger partial charge is 0.325 e. The zero-order valence-electron chi connectivity index (χ0n) is 14.0. The van der Waals surface area contributed by atoms with Gasteiger partial charge in [0.1, 0.15) is 0 Å². The molecule has 2 heterocycles. The Balaban J connectivity index is 1.65. The summed E-state index contributed by atoms with van der Waals surface area (Å²) in [7, 11) is 1.85. The number of hydrogen-bond acceptors (Lipinski definition) is 7. The Kier molecular flexibility index (Phi) is 5.33. The Morgan fingerprint density at radius 2 is 2.15 bits per heavy atom. The maximum atomic E-state index is 12.2. The van der Waals surface area contributed by atoms with E-state index in [9.17, 15) is 14.9 Å². The van der Waals surface area contributed by atoms with Crippen molar-refractivity contribution in [3.63, 3.8) is 0 Å². The number of rotatable bonds is 6. The second kappa shape index (κ2) is 7.67. The van der Waals surface area contributed by atoms with Gasteiger partial charge in [0, 0.05) is 13.1 Å². The van der Waals surface area contributed by atoms with E-state index >= 15 is 0 Å². The molecule has 1 N–H and O–H groups in total. The minimum atomic E-state index is -0.467. The van der Waals surface area contributed by atoms with E-state index in [0.29, 0.717) is 16.4 Å². The van der Waals surface area contributed by atoms with Gasteiger partial charge >= 0.3 is 0 Å². The molecule has 26 heavy (non-hydrogen) atoms. The number of nitro benzene ring substituents is 1. The molecule has 0 aliphatic rings. The van der Waals surface area contributed by atoms with Crippen molar-refractivity contribution in [2.24, 2.45) is 7.05 Å². The maximum absolute atomic E-state index is 12.2. The van der Waals surface area contributed by atoms with E-state index in [-0.39, 0.29) is 17.3 Å². The summed E-state index contributed by atoms with van der Waals surface area (Å²) in [5.74, 6) is 0.607. The number of carbonyl (C=O) groups excluding carboxylic acids is 1. The monoisotopic (exact) mass is 389 g/mol. The second-order valence-corrected chi connectivity index (χ2v) is 7.28. The molecule has 0 fully saturated rings. The van der Waals surface area contributed by atoms with Gasteiger partial charge in [0.25, 0.3) is 5.69 Å². The van der Waals surface area contributed by atoms with E-state index in [1.807, 2.05) is 29.1 Å². The van der Waals surface area contributed by atoms with Gasteiger partial charge in [-0.1, -0.05) is 23.9 Å². The fourth-order valence-electron chi connectivity index (χ4n) is 2.33. The molecule has 0 saturated heterocycles. The lowest BCUT2D eigenvalue weighted by Crippen LogP contribution is -2.15. The first-order valence-electron chi connectivity index (χ1n) is 7.57. The van der Waals surface area contributed by atoms with Crippen LogP contribution in [0.1, 0.15) is 5.56 Å². The van der Waals surface area contributed by atoms with Crippen LogP contribution >= 0.6 is 23.1 Å². The predicted octanol–water partition coefficient (Wildman–Crippen LogP) is 3.49. The molecule has 0 spiro atoms. The molecule has 10 heteroatoms. The molecule has 0 radical (unpaired) electrons. The van der Waals surface area contributed by atoms with Crippen molar-refractivity contribution < 1.29 is 9.72 Å². The second-order valence-electron chi connectivity index (χ2n) is 5.39. The first kappa shape index (κ1) is 18.1. The summed E-state index contributed by atoms with van der Waals surface area (Å²) >= 11 is 2.82. The highest BCUT2D eigenvalue weighted by Gasteiger charge is 2.16. The van der Waals surface area contributed by atoms with Gasteiger partial charge in [-0.3, -0.25) is 14.9 Å². The summed E-state index contributed by atoms with van der Waals surface area (Å²) in [4.78, 5) is 23.7. The Hall–Kier alpha value is -2.72. The lowest BCUT2D eigenvalue weighted by molar-refractivity contribution is -0.385. The summed E-state index contributed by atoms with van der Waals surface area (Å²) in [6.07, 6.45) is 0. The third-order valence-corrected chi connectivity index (χ3v) is 5.57. The number of aromatic nitrogens is 3. The zero-order valence-corrected chi connectivity index (χ0v) is 15.6. The van der Waals surface area contributed by atoms with Gasteiger partial charge in [-0.25, -0.2) is 0 Å². The molecule has 1 amide bonds. The molecule has 134 valence electrons. The van der Waals surface area contributed by atoms with Crippen LogP contribution < -0.4 is 5.32 Å². The van der Waals surface area contributed by atoms with Crippen LogP contribution in [0.15, 0.2) is 40.9 Å². The van der Waals surface area contributed by atoms with Crippen molar-refractivity contribution in [2.45, 2.75) is 12.1 Å². The van der Waals surface area contributed by atoms with Gasteiger partial charge in [0.05, 0.1) is 26.8 Å². The Morgan fingerprint density at radius 1 is 1.35 bits per heavy atom. The molecule has 0 bridgehead atoms. The zero-order chi connectivity index (χ0) is 18.7. The van der Waals surface area contributed by atoms with E-state index in [4.69, 9.17) is 0 Å². The normalized spacial score (nSPS) is 10.7. The minimum absolute atomic E-state index is 0.0238. The van der Waals surface area contributed by atoms with Gasteiger partial charge in [-0.05, 0) is 24.4 Å². The van der Waals surface area contributed by atoms with Crippen LogP contribution in [0, 0.1) is 17.0 Å². The van der Waals surface area contributed by atoms with Crippen LogP contribution in [0.3, 0.4) is 0 Å². The lowest BCUT2D eigenvalue weighted by Gasteiger charge is -2.08. The molecule has 0 aliphatic heterocycles. The first-order valence-corrected chi connectivity index (χ1v) is 9.44. The highest BCUT2D eigenvalue weighted by molar-refractivity contribution is 7.99. The molecule has 0 unspecified atom stereocenters. The minimum Gasteiger partial charge on any atom is -0.325 e. The number of thiophene rings is 1. The molecule has 1 aromatic carbocycles. The number of nitro groups is 1. The summed E-state index contributed by atoms with van der Waals surface area (Å²) < 4.78 is 1.84. The summed E-state index contributed by atoms with van der Waals surface area (Å²) in [5.41, 5.74) is 0.834. The van der Waals surface area contributed by atoms with E-state index in [1.54, 1.807) is 30.4 Å². The van der Waals surface area contributed by atoms with Crippen molar-refractivity contribution in [2.75, 3.05) is 11.1 Å². The number of hydrogen-bond donors (Lipinski definition) is 1. The van der Waals surface area contributed by atoms with Gasteiger partial charge in [-0.2, -0.15) is 0 Å². The van der Waals surface area contributed by atoms with E-state index in [0.717, 1.165) is 10.7 Å². The molecule has 2 aromatic heterocycles. The van der Waals surface area contributed by atoms with Gasteiger partial charge in [-0.15, -0.1) is 21.5 Å². The number of thioether (sulfide) groups is 1. The first-order chi connectivity index (χ1) is 12.5. The van der Waals surface area contributed by atoms with Crippen molar-refractivity contribution >= 4 is 40.4 Å². The number of anilines is 1. The molecular formula is C16H15N5O3S2. The van der Waals surface area contributed by atoms with Crippen LogP contribution in [0.2, 0.25) is 0 Å². The molecule has 3 rings (SSSR count). The third kappa shape index (κ3) is 3.75. The van der Waals surface area contributed by atoms with Crippen molar-refractivity contribution in [1.29, 1.82) is 0 Å². The Bertz CT molecular complexity index is 953.